The lowest BCUT2D eigenvalue weighted by Gasteiger charge is -2.10. The third kappa shape index (κ3) is 3.84. The van der Waals surface area contributed by atoms with Crippen LogP contribution in [0.5, 0.6) is 5.75 Å². The molecule has 2 aromatic rings. The summed E-state index contributed by atoms with van der Waals surface area (Å²) >= 11 is 0. The number of pyridine rings is 1. The predicted octanol–water partition coefficient (Wildman–Crippen LogP) is 3.57. The second-order valence-corrected chi connectivity index (χ2v) is 4.89. The van der Waals surface area contributed by atoms with Crippen molar-refractivity contribution in [2.24, 2.45) is 0 Å². The van der Waals surface area contributed by atoms with Crippen molar-refractivity contribution in [3.63, 3.8) is 0 Å². The molecular weight excluding hydrogens is 276 g/mol. The Hall–Kier alpha value is -2.30. The van der Waals surface area contributed by atoms with Crippen LogP contribution in [-0.4, -0.2) is 16.9 Å². The number of benzene rings is 1. The zero-order valence-corrected chi connectivity index (χ0v) is 11.8. The minimum absolute atomic E-state index is 0.0233. The highest BCUT2D eigenvalue weighted by atomic mass is 19.2. The first kappa shape index (κ1) is 15.1. The first-order chi connectivity index (χ1) is 9.97. The van der Waals surface area contributed by atoms with Crippen molar-refractivity contribution < 1.29 is 18.3 Å². The fourth-order valence-electron chi connectivity index (χ4n) is 1.87. The lowest BCUT2D eigenvalue weighted by molar-refractivity contribution is 0.0990. The maximum absolute atomic E-state index is 13.6. The highest BCUT2D eigenvalue weighted by Gasteiger charge is 2.14. The van der Waals surface area contributed by atoms with Crippen LogP contribution in [0, 0.1) is 11.6 Å². The number of hydrogen-bond acceptors (Lipinski definition) is 3. The van der Waals surface area contributed by atoms with Gasteiger partial charge in [0.1, 0.15) is 5.75 Å². The van der Waals surface area contributed by atoms with Crippen LogP contribution in [-0.2, 0) is 6.42 Å². The van der Waals surface area contributed by atoms with Gasteiger partial charge in [0, 0.05) is 18.2 Å². The van der Waals surface area contributed by atoms with Gasteiger partial charge in [0.2, 0.25) is 0 Å². The van der Waals surface area contributed by atoms with Gasteiger partial charge in [-0.25, -0.2) is 8.78 Å². The maximum atomic E-state index is 13.6. The Balaban J connectivity index is 2.18. The lowest BCUT2D eigenvalue weighted by Crippen LogP contribution is -2.09. The fraction of sp³-hybridized carbons (Fsp3) is 0.250. The van der Waals surface area contributed by atoms with Crippen LogP contribution in [0.3, 0.4) is 0 Å². The number of hydrogen-bond donors (Lipinski definition) is 0. The van der Waals surface area contributed by atoms with Crippen molar-refractivity contribution in [2.75, 3.05) is 0 Å². The number of carbonyl (C=O) groups is 1. The minimum atomic E-state index is -0.992. The Morgan fingerprint density at radius 1 is 1.29 bits per heavy atom. The molecule has 1 aromatic carbocycles. The van der Waals surface area contributed by atoms with E-state index in [9.17, 15) is 13.6 Å². The second-order valence-electron chi connectivity index (χ2n) is 4.89. The molecule has 0 fully saturated rings. The van der Waals surface area contributed by atoms with Gasteiger partial charge >= 0.3 is 0 Å². The number of carbonyl (C=O) groups excluding carboxylic acids is 1. The van der Waals surface area contributed by atoms with Crippen molar-refractivity contribution in [3.8, 4) is 5.75 Å². The monoisotopic (exact) mass is 291 g/mol. The molecule has 0 unspecified atom stereocenters. The summed E-state index contributed by atoms with van der Waals surface area (Å²) in [6.07, 6.45) is 2.61. The molecule has 110 valence electrons. The van der Waals surface area contributed by atoms with E-state index in [0.29, 0.717) is 11.3 Å². The first-order valence-electron chi connectivity index (χ1n) is 6.55. The first-order valence-corrected chi connectivity index (χ1v) is 6.55. The second kappa shape index (κ2) is 6.43. The molecule has 21 heavy (non-hydrogen) atoms. The Morgan fingerprint density at radius 3 is 2.76 bits per heavy atom. The Bertz CT molecular complexity index is 656. The molecule has 0 saturated heterocycles. The third-order valence-corrected chi connectivity index (χ3v) is 2.79. The highest BCUT2D eigenvalue weighted by molar-refractivity contribution is 5.97. The standard InChI is InChI=1S/C16H15F2NO2/c1-10(2)21-13-6-12(8-19-9-13)15(20)7-11-4-3-5-14(17)16(11)18/h3-6,8-10H,7H2,1-2H3. The summed E-state index contributed by atoms with van der Waals surface area (Å²) < 4.78 is 32.1. The van der Waals surface area contributed by atoms with Crippen molar-refractivity contribution in [3.05, 3.63) is 59.4 Å². The molecule has 0 saturated carbocycles. The predicted molar refractivity (Wildman–Crippen MR) is 74.4 cm³/mol. The van der Waals surface area contributed by atoms with Gasteiger partial charge < -0.3 is 4.74 Å². The molecule has 0 aliphatic heterocycles. The van der Waals surface area contributed by atoms with Gasteiger partial charge in [0.05, 0.1) is 12.3 Å². The molecule has 3 nitrogen and oxygen atoms in total. The molecule has 0 N–H and O–H groups in total. The highest BCUT2D eigenvalue weighted by Crippen LogP contribution is 2.17. The average Bonchev–Trinajstić information content (AvgIpc) is 2.43. The molecule has 0 amide bonds. The smallest absolute Gasteiger partial charge is 0.169 e. The zero-order chi connectivity index (χ0) is 15.4. The maximum Gasteiger partial charge on any atom is 0.169 e. The molecule has 1 heterocycles. The Labute approximate surface area is 121 Å². The van der Waals surface area contributed by atoms with E-state index in [-0.39, 0.29) is 23.9 Å². The number of aromatic nitrogens is 1. The van der Waals surface area contributed by atoms with E-state index in [1.165, 1.54) is 24.5 Å². The summed E-state index contributed by atoms with van der Waals surface area (Å²) in [6.45, 7) is 3.72. The number of ketones is 1. The molecule has 0 spiro atoms. The van der Waals surface area contributed by atoms with Gasteiger partial charge in [-0.3, -0.25) is 9.78 Å². The zero-order valence-electron chi connectivity index (χ0n) is 11.8. The van der Waals surface area contributed by atoms with Crippen LogP contribution in [0.2, 0.25) is 0 Å². The van der Waals surface area contributed by atoms with Crippen molar-refractivity contribution in [2.45, 2.75) is 26.4 Å². The fourth-order valence-corrected chi connectivity index (χ4v) is 1.87. The Morgan fingerprint density at radius 2 is 2.05 bits per heavy atom. The van der Waals surface area contributed by atoms with Crippen molar-refractivity contribution in [1.29, 1.82) is 0 Å². The van der Waals surface area contributed by atoms with E-state index in [4.69, 9.17) is 4.74 Å². The molecule has 0 aliphatic rings. The number of halogens is 2. The largest absolute Gasteiger partial charge is 0.489 e. The van der Waals surface area contributed by atoms with Crippen LogP contribution < -0.4 is 4.74 Å². The van der Waals surface area contributed by atoms with E-state index in [1.807, 2.05) is 13.8 Å². The Kier molecular flexibility index (Phi) is 4.62. The summed E-state index contributed by atoms with van der Waals surface area (Å²) in [5, 5.41) is 0. The molecule has 1 aromatic heterocycles. The number of ether oxygens (including phenoxy) is 1. The molecule has 5 heteroatoms. The van der Waals surface area contributed by atoms with Crippen LogP contribution in [0.1, 0.15) is 29.8 Å². The number of Topliss-reactive ketones (excluding diaryl/α,β-unsaturated/α-hetero) is 1. The van der Waals surface area contributed by atoms with Gasteiger partial charge in [-0.2, -0.15) is 0 Å². The summed E-state index contributed by atoms with van der Waals surface area (Å²) in [7, 11) is 0. The SMILES string of the molecule is CC(C)Oc1cncc(C(=O)Cc2cccc(F)c2F)c1. The third-order valence-electron chi connectivity index (χ3n) is 2.79. The van der Waals surface area contributed by atoms with E-state index in [0.717, 1.165) is 6.07 Å². The topological polar surface area (TPSA) is 39.2 Å². The quantitative estimate of drug-likeness (QED) is 0.790. The van der Waals surface area contributed by atoms with Crippen LogP contribution in [0.4, 0.5) is 8.78 Å². The van der Waals surface area contributed by atoms with Crippen LogP contribution >= 0.6 is 0 Å². The molecule has 2 rings (SSSR count). The van der Waals surface area contributed by atoms with Crippen LogP contribution in [0.25, 0.3) is 0 Å². The van der Waals surface area contributed by atoms with Gasteiger partial charge in [0.25, 0.3) is 0 Å². The van der Waals surface area contributed by atoms with Gasteiger partial charge in [0.15, 0.2) is 17.4 Å². The number of nitrogens with zero attached hydrogens (tertiary/aromatic N) is 1. The van der Waals surface area contributed by atoms with Gasteiger partial charge in [-0.05, 0) is 31.5 Å². The van der Waals surface area contributed by atoms with Crippen LogP contribution in [0.15, 0.2) is 36.7 Å². The van der Waals surface area contributed by atoms with Gasteiger partial charge in [-0.1, -0.05) is 12.1 Å². The summed E-state index contributed by atoms with van der Waals surface area (Å²) in [6, 6.07) is 5.32. The van der Waals surface area contributed by atoms with E-state index < -0.39 is 11.6 Å². The summed E-state index contributed by atoms with van der Waals surface area (Å²) in [5.41, 5.74) is 0.326. The van der Waals surface area contributed by atoms with Crippen molar-refractivity contribution in [1.82, 2.24) is 4.98 Å². The molecule has 0 aliphatic carbocycles. The molecule has 0 radical (unpaired) electrons. The summed E-state index contributed by atoms with van der Waals surface area (Å²) in [4.78, 5) is 16.1. The molecule has 0 atom stereocenters. The average molecular weight is 291 g/mol. The minimum Gasteiger partial charge on any atom is -0.489 e. The molecular formula is C16H15F2NO2. The summed E-state index contributed by atoms with van der Waals surface area (Å²) in [5.74, 6) is -1.83. The van der Waals surface area contributed by atoms with E-state index in [1.54, 1.807) is 6.07 Å². The van der Waals surface area contributed by atoms with E-state index in [2.05, 4.69) is 4.98 Å². The lowest BCUT2D eigenvalue weighted by atomic mass is 10.0. The van der Waals surface area contributed by atoms with E-state index >= 15 is 0 Å². The molecule has 0 bridgehead atoms. The normalized spacial score (nSPS) is 10.7. The van der Waals surface area contributed by atoms with Crippen molar-refractivity contribution >= 4 is 5.78 Å². The number of rotatable bonds is 5. The van der Waals surface area contributed by atoms with Gasteiger partial charge in [-0.15, -0.1) is 0 Å².